The van der Waals surface area contributed by atoms with Crippen molar-refractivity contribution in [1.82, 2.24) is 4.98 Å². The highest BCUT2D eigenvalue weighted by Gasteiger charge is 2.59. The average molecular weight is 727 g/mol. The number of esters is 1. The van der Waals surface area contributed by atoms with E-state index in [0.717, 1.165) is 53.4 Å². The maximum atomic E-state index is 14.0. The van der Waals surface area contributed by atoms with E-state index < -0.39 is 43.4 Å². The quantitative estimate of drug-likeness (QED) is 0.222. The molecule has 3 aliphatic heterocycles. The Labute approximate surface area is 299 Å². The highest BCUT2D eigenvalue weighted by molar-refractivity contribution is 6.74. The molecule has 51 heavy (non-hydrogen) atoms. The zero-order valence-corrected chi connectivity index (χ0v) is 31.5. The van der Waals surface area contributed by atoms with Gasteiger partial charge in [0.1, 0.15) is 12.2 Å². The Bertz CT molecular complexity index is 1730. The van der Waals surface area contributed by atoms with Crippen molar-refractivity contribution < 1.29 is 41.3 Å². The number of nitrogens with zero attached hydrogens (tertiary/aromatic N) is 2. The van der Waals surface area contributed by atoms with E-state index >= 15 is 0 Å². The summed E-state index contributed by atoms with van der Waals surface area (Å²) in [5.41, 5.74) is 2.18. The number of ether oxygens (including phenoxy) is 4. The van der Waals surface area contributed by atoms with Gasteiger partial charge in [-0.15, -0.1) is 0 Å². The number of halogens is 3. The molecule has 8 nitrogen and oxygen atoms in total. The van der Waals surface area contributed by atoms with Crippen LogP contribution in [0.5, 0.6) is 0 Å². The molecule has 12 heteroatoms. The Morgan fingerprint density at radius 2 is 1.67 bits per heavy atom. The summed E-state index contributed by atoms with van der Waals surface area (Å²) >= 11 is 0. The minimum Gasteiger partial charge on any atom is -0.455 e. The Kier molecular flexibility index (Phi) is 9.27. The Morgan fingerprint density at radius 1 is 1.00 bits per heavy atom. The van der Waals surface area contributed by atoms with Crippen molar-refractivity contribution >= 4 is 14.3 Å². The van der Waals surface area contributed by atoms with E-state index in [0.29, 0.717) is 64.1 Å². The molecule has 0 N–H and O–H groups in total. The van der Waals surface area contributed by atoms with Gasteiger partial charge in [0.25, 0.3) is 0 Å². The Hall–Kier alpha value is -2.82. The number of fused-ring (bicyclic) bond motifs is 4. The number of carbonyl (C=O) groups excluding carboxylic acids is 1. The number of hydrogen-bond acceptors (Lipinski definition) is 8. The van der Waals surface area contributed by atoms with Crippen LogP contribution in [0.1, 0.15) is 148 Å². The third-order valence-corrected chi connectivity index (χ3v) is 17.2. The minimum atomic E-state index is -4.68. The van der Waals surface area contributed by atoms with Crippen LogP contribution in [0.25, 0.3) is 0 Å². The first-order chi connectivity index (χ1) is 24.0. The molecule has 3 fully saturated rings. The molecule has 0 radical (unpaired) electrons. The van der Waals surface area contributed by atoms with Gasteiger partial charge in [-0.25, -0.2) is 0 Å². The lowest BCUT2D eigenvalue weighted by molar-refractivity contribution is -0.167. The Morgan fingerprint density at radius 3 is 2.24 bits per heavy atom. The number of aromatic nitrogens is 1. The number of hydrogen-bond donors (Lipinski definition) is 0. The number of carbonyl (C=O) groups is 1. The van der Waals surface area contributed by atoms with Gasteiger partial charge in [-0.2, -0.15) is 18.4 Å². The van der Waals surface area contributed by atoms with Gasteiger partial charge in [-0.1, -0.05) is 33.3 Å². The van der Waals surface area contributed by atoms with Crippen molar-refractivity contribution in [3.05, 3.63) is 63.0 Å². The van der Waals surface area contributed by atoms with E-state index in [1.165, 1.54) is 19.1 Å². The van der Waals surface area contributed by atoms with Crippen molar-refractivity contribution in [1.29, 1.82) is 5.26 Å². The zero-order valence-electron chi connectivity index (χ0n) is 30.5. The molecule has 2 aromatic rings. The van der Waals surface area contributed by atoms with Crippen LogP contribution in [0.4, 0.5) is 13.2 Å². The van der Waals surface area contributed by atoms with E-state index in [1.807, 2.05) is 0 Å². The summed E-state index contributed by atoms with van der Waals surface area (Å²) in [7, 11) is -2.38. The maximum Gasteiger partial charge on any atom is 0.417 e. The molecule has 2 spiro atoms. The first kappa shape index (κ1) is 36.5. The summed E-state index contributed by atoms with van der Waals surface area (Å²) in [5.74, 6) is -0.375. The number of pyridine rings is 1. The van der Waals surface area contributed by atoms with Gasteiger partial charge >= 0.3 is 12.1 Å². The van der Waals surface area contributed by atoms with Gasteiger partial charge in [-0.05, 0) is 73.5 Å². The molecular formula is C39H49F3N2O6Si. The second-order valence-electron chi connectivity index (χ2n) is 16.8. The van der Waals surface area contributed by atoms with Crippen LogP contribution in [0.3, 0.4) is 0 Å². The minimum absolute atomic E-state index is 0.0132. The second kappa shape index (κ2) is 12.9. The third-order valence-electron chi connectivity index (χ3n) is 12.7. The number of alkyl halides is 3. The van der Waals surface area contributed by atoms with Crippen molar-refractivity contribution in [2.75, 3.05) is 26.4 Å². The lowest BCUT2D eigenvalue weighted by atomic mass is 9.57. The average Bonchev–Trinajstić information content (AvgIpc) is 3.37. The molecule has 5 aliphatic rings. The van der Waals surface area contributed by atoms with E-state index in [-0.39, 0.29) is 28.4 Å². The van der Waals surface area contributed by atoms with Crippen LogP contribution >= 0.6 is 0 Å². The lowest BCUT2D eigenvalue weighted by Gasteiger charge is -2.54. The summed E-state index contributed by atoms with van der Waals surface area (Å²) in [5, 5.41) is 9.81. The van der Waals surface area contributed by atoms with Gasteiger partial charge in [0, 0.05) is 68.7 Å². The molecule has 0 amide bonds. The Balaban J connectivity index is 1.54. The molecule has 7 rings (SSSR count). The third kappa shape index (κ3) is 6.24. The van der Waals surface area contributed by atoms with Crippen LogP contribution in [0.2, 0.25) is 18.1 Å². The van der Waals surface area contributed by atoms with E-state index in [9.17, 15) is 23.2 Å². The highest BCUT2D eigenvalue weighted by Crippen LogP contribution is 2.66. The van der Waals surface area contributed by atoms with E-state index in [4.69, 9.17) is 28.4 Å². The summed E-state index contributed by atoms with van der Waals surface area (Å²) in [4.78, 5) is 18.4. The van der Waals surface area contributed by atoms with Gasteiger partial charge in [0.05, 0.1) is 40.3 Å². The van der Waals surface area contributed by atoms with Crippen LogP contribution in [-0.4, -0.2) is 45.7 Å². The molecule has 276 valence electrons. The van der Waals surface area contributed by atoms with Crippen LogP contribution in [0, 0.1) is 16.7 Å². The molecule has 4 heterocycles. The molecule has 1 saturated carbocycles. The zero-order chi connectivity index (χ0) is 36.6. The monoisotopic (exact) mass is 726 g/mol. The van der Waals surface area contributed by atoms with Gasteiger partial charge in [-0.3, -0.25) is 9.78 Å². The van der Waals surface area contributed by atoms with Gasteiger partial charge in [0.15, 0.2) is 8.32 Å². The van der Waals surface area contributed by atoms with Gasteiger partial charge in [0.2, 0.25) is 0 Å². The molecule has 2 saturated heterocycles. The summed E-state index contributed by atoms with van der Waals surface area (Å²) in [6.07, 6.45) is -0.378. The summed E-state index contributed by atoms with van der Waals surface area (Å²) in [6.45, 7) is 14.6. The highest BCUT2D eigenvalue weighted by atomic mass is 28.4. The largest absolute Gasteiger partial charge is 0.455 e. The van der Waals surface area contributed by atoms with Crippen molar-refractivity contribution in [3.63, 3.8) is 0 Å². The summed E-state index contributed by atoms with van der Waals surface area (Å²) in [6, 6.07) is 5.56. The number of benzene rings is 1. The topological polar surface area (TPSA) is 99.9 Å². The molecular weight excluding hydrogens is 678 g/mol. The lowest BCUT2D eigenvalue weighted by Crippen LogP contribution is -2.49. The normalized spacial score (nSPS) is 25.9. The second-order valence-corrected chi connectivity index (χ2v) is 21.5. The SMILES string of the molecule is CC(=O)O[C@H]1c2nc(C3CCOCC3)c3c(c2C(O[Si](C)(C)C(C)(C)C)CC12CCC2)C1(CCOCC1)OC3c1ccc(C(F)(F)F)c(C#N)c1. The molecule has 1 aromatic heterocycles. The van der Waals surface area contributed by atoms with Crippen molar-refractivity contribution in [3.8, 4) is 6.07 Å². The molecule has 1 aromatic carbocycles. The van der Waals surface area contributed by atoms with E-state index in [1.54, 1.807) is 6.07 Å². The maximum absolute atomic E-state index is 14.0. The van der Waals surface area contributed by atoms with Crippen molar-refractivity contribution in [2.45, 2.75) is 133 Å². The fraction of sp³-hybridized carbons (Fsp3) is 0.667. The molecule has 3 atom stereocenters. The van der Waals surface area contributed by atoms with Crippen molar-refractivity contribution in [2.24, 2.45) is 5.41 Å². The molecule has 2 aliphatic carbocycles. The standard InChI is InChI=1S/C39H49F3N2O6Si/c1-23(45)48-35-33-29(28(21-37(35)12-7-13-37)50-51(5,6)36(2,3)4)31-30(32(44-33)24-10-16-46-17-11-24)34(49-38(31)14-18-47-19-15-38)25-8-9-27(39(40,41)42)26(20-25)22-43/h8-9,20,24,28,34-35H,7,10-19,21H2,1-6H3/t28?,34?,35-/m0/s1. The number of rotatable bonds is 5. The summed E-state index contributed by atoms with van der Waals surface area (Å²) < 4.78 is 74.6. The van der Waals surface area contributed by atoms with Crippen LogP contribution in [0.15, 0.2) is 18.2 Å². The van der Waals surface area contributed by atoms with Crippen LogP contribution in [-0.2, 0) is 39.9 Å². The predicted octanol–water partition coefficient (Wildman–Crippen LogP) is 9.23. The fourth-order valence-corrected chi connectivity index (χ4v) is 10.1. The van der Waals surface area contributed by atoms with E-state index in [2.05, 4.69) is 33.9 Å². The first-order valence-corrected chi connectivity index (χ1v) is 21.3. The molecule has 0 bridgehead atoms. The first-order valence-electron chi connectivity index (χ1n) is 18.4. The van der Waals surface area contributed by atoms with Crippen LogP contribution < -0.4 is 0 Å². The predicted molar refractivity (Wildman–Crippen MR) is 184 cm³/mol. The fourth-order valence-electron chi connectivity index (χ4n) is 8.87. The number of nitriles is 1. The van der Waals surface area contributed by atoms with Gasteiger partial charge < -0.3 is 23.4 Å². The smallest absolute Gasteiger partial charge is 0.417 e. The molecule has 2 unspecified atom stereocenters.